The van der Waals surface area contributed by atoms with Gasteiger partial charge in [0.15, 0.2) is 0 Å². The number of hydrogen-bond acceptors (Lipinski definition) is 2. The summed E-state index contributed by atoms with van der Waals surface area (Å²) in [7, 11) is 0. The average Bonchev–Trinajstić information content (AvgIpc) is 2.71. The van der Waals surface area contributed by atoms with Gasteiger partial charge in [-0.2, -0.15) is 0 Å². The molecule has 0 spiro atoms. The predicted octanol–water partition coefficient (Wildman–Crippen LogP) is 6.05. The minimum absolute atomic E-state index is 0.654. The van der Waals surface area contributed by atoms with Crippen molar-refractivity contribution in [2.45, 2.75) is 6.42 Å². The highest BCUT2D eigenvalue weighted by atomic mass is 35.5. The molecule has 0 saturated heterocycles. The van der Waals surface area contributed by atoms with Crippen LogP contribution in [0.4, 0.5) is 0 Å². The molecule has 4 rings (SSSR count). The Bertz CT molecular complexity index is 1010. The highest BCUT2D eigenvalue weighted by molar-refractivity contribution is 6.31. The van der Waals surface area contributed by atoms with Crippen molar-refractivity contribution in [3.63, 3.8) is 0 Å². The Balaban J connectivity index is 1.81. The normalized spacial score (nSPS) is 10.7. The summed E-state index contributed by atoms with van der Waals surface area (Å²) in [5.41, 5.74) is 5.84. The van der Waals surface area contributed by atoms with E-state index in [9.17, 15) is 0 Å². The lowest BCUT2D eigenvalue weighted by atomic mass is 10.0. The maximum Gasteiger partial charge on any atom is 0.0968 e. The molecule has 0 fully saturated rings. The lowest BCUT2D eigenvalue weighted by Crippen LogP contribution is -2.00. The van der Waals surface area contributed by atoms with Crippen molar-refractivity contribution in [3.8, 4) is 22.5 Å². The lowest BCUT2D eigenvalue weighted by Gasteiger charge is -2.11. The van der Waals surface area contributed by atoms with Crippen molar-refractivity contribution in [1.29, 1.82) is 0 Å². The summed E-state index contributed by atoms with van der Waals surface area (Å²) < 4.78 is 0. The molecule has 0 radical (unpaired) electrons. The molecule has 2 nitrogen and oxygen atoms in total. The van der Waals surface area contributed by atoms with Gasteiger partial charge in [-0.25, -0.2) is 4.98 Å². The topological polar surface area (TPSA) is 25.8 Å². The quantitative estimate of drug-likeness (QED) is 0.444. The van der Waals surface area contributed by atoms with Crippen LogP contribution in [0, 0.1) is 0 Å². The third-order valence-corrected chi connectivity index (χ3v) is 4.61. The van der Waals surface area contributed by atoms with Gasteiger partial charge >= 0.3 is 0 Å². The number of hydrogen-bond donors (Lipinski definition) is 0. The zero-order chi connectivity index (χ0) is 17.8. The summed E-state index contributed by atoms with van der Waals surface area (Å²) in [5, 5.41) is 0.752. The number of aromatic nitrogens is 2. The second kappa shape index (κ2) is 7.51. The van der Waals surface area contributed by atoms with E-state index in [1.165, 1.54) is 0 Å². The van der Waals surface area contributed by atoms with Crippen molar-refractivity contribution < 1.29 is 0 Å². The molecular formula is C23H17ClN2. The van der Waals surface area contributed by atoms with Crippen molar-refractivity contribution >= 4 is 11.6 Å². The van der Waals surface area contributed by atoms with Gasteiger partial charge in [-0.05, 0) is 11.6 Å². The third kappa shape index (κ3) is 3.51. The van der Waals surface area contributed by atoms with Crippen LogP contribution in [0.1, 0.15) is 11.3 Å². The molecule has 3 heteroatoms. The van der Waals surface area contributed by atoms with Crippen molar-refractivity contribution in [2.75, 3.05) is 0 Å². The van der Waals surface area contributed by atoms with E-state index < -0.39 is 0 Å². The second-order valence-electron chi connectivity index (χ2n) is 6.06. The molecule has 3 aromatic carbocycles. The minimum atomic E-state index is 0.654. The second-order valence-corrected chi connectivity index (χ2v) is 6.47. The van der Waals surface area contributed by atoms with E-state index in [4.69, 9.17) is 21.6 Å². The fourth-order valence-electron chi connectivity index (χ4n) is 2.95. The molecule has 0 unspecified atom stereocenters. The monoisotopic (exact) mass is 356 g/mol. The summed E-state index contributed by atoms with van der Waals surface area (Å²) in [6.07, 6.45) is 2.50. The SMILES string of the molecule is Clc1ccccc1Cc1cnc(-c2ccccc2)c(-c2ccccc2)n1. The summed E-state index contributed by atoms with van der Waals surface area (Å²) >= 11 is 6.31. The van der Waals surface area contributed by atoms with Crippen LogP contribution < -0.4 is 0 Å². The first-order chi connectivity index (χ1) is 12.8. The molecule has 4 aromatic rings. The minimum Gasteiger partial charge on any atom is -0.252 e. The maximum atomic E-state index is 6.31. The molecule has 0 aliphatic heterocycles. The molecular weight excluding hydrogens is 340 g/mol. The fraction of sp³-hybridized carbons (Fsp3) is 0.0435. The predicted molar refractivity (Wildman–Crippen MR) is 107 cm³/mol. The summed E-state index contributed by atoms with van der Waals surface area (Å²) in [4.78, 5) is 9.68. The van der Waals surface area contributed by atoms with E-state index in [1.54, 1.807) is 0 Å². The molecule has 126 valence electrons. The first-order valence-corrected chi connectivity index (χ1v) is 8.89. The largest absolute Gasteiger partial charge is 0.252 e. The van der Waals surface area contributed by atoms with Gasteiger partial charge in [0.05, 0.1) is 17.1 Å². The summed E-state index contributed by atoms with van der Waals surface area (Å²) in [6, 6.07) is 28.2. The Morgan fingerprint density at radius 3 is 1.88 bits per heavy atom. The molecule has 26 heavy (non-hydrogen) atoms. The van der Waals surface area contributed by atoms with Crippen LogP contribution in [0.2, 0.25) is 5.02 Å². The molecule has 1 heterocycles. The lowest BCUT2D eigenvalue weighted by molar-refractivity contribution is 1.04. The van der Waals surface area contributed by atoms with Gasteiger partial charge in [0.25, 0.3) is 0 Å². The number of benzene rings is 3. The van der Waals surface area contributed by atoms with Crippen LogP contribution in [0.5, 0.6) is 0 Å². The molecule has 0 aliphatic carbocycles. The zero-order valence-electron chi connectivity index (χ0n) is 14.1. The Kier molecular flexibility index (Phi) is 4.76. The van der Waals surface area contributed by atoms with Gasteiger partial charge in [-0.3, -0.25) is 4.98 Å². The molecule has 0 bridgehead atoms. The van der Waals surface area contributed by atoms with Crippen molar-refractivity contribution in [2.24, 2.45) is 0 Å². The van der Waals surface area contributed by atoms with E-state index in [-0.39, 0.29) is 0 Å². The van der Waals surface area contributed by atoms with Crippen LogP contribution in [0.25, 0.3) is 22.5 Å². The Labute approximate surface area is 158 Å². The molecule has 0 N–H and O–H groups in total. The van der Waals surface area contributed by atoms with Gasteiger partial charge in [-0.1, -0.05) is 90.5 Å². The van der Waals surface area contributed by atoms with Gasteiger partial charge < -0.3 is 0 Å². The van der Waals surface area contributed by atoms with Crippen molar-refractivity contribution in [3.05, 3.63) is 107 Å². The first kappa shape index (κ1) is 16.5. The van der Waals surface area contributed by atoms with E-state index in [1.807, 2.05) is 66.9 Å². The number of nitrogens with zero attached hydrogens (tertiary/aromatic N) is 2. The van der Waals surface area contributed by atoms with Gasteiger partial charge in [-0.15, -0.1) is 0 Å². The van der Waals surface area contributed by atoms with Crippen LogP contribution >= 0.6 is 11.6 Å². The van der Waals surface area contributed by atoms with Gasteiger partial charge in [0, 0.05) is 28.8 Å². The summed E-state index contributed by atoms with van der Waals surface area (Å²) in [5.74, 6) is 0. The van der Waals surface area contributed by atoms with Crippen molar-refractivity contribution in [1.82, 2.24) is 9.97 Å². The first-order valence-electron chi connectivity index (χ1n) is 8.51. The third-order valence-electron chi connectivity index (χ3n) is 4.25. The standard InChI is InChI=1S/C23H17ClN2/c24-21-14-8-7-13-19(21)15-20-16-25-22(17-9-3-1-4-10-17)23(26-20)18-11-5-2-6-12-18/h1-14,16H,15H2. The summed E-state index contributed by atoms with van der Waals surface area (Å²) in [6.45, 7) is 0. The fourth-order valence-corrected chi connectivity index (χ4v) is 3.15. The maximum absolute atomic E-state index is 6.31. The smallest absolute Gasteiger partial charge is 0.0968 e. The van der Waals surface area contributed by atoms with Gasteiger partial charge in [0.1, 0.15) is 0 Å². The van der Waals surface area contributed by atoms with Gasteiger partial charge in [0.2, 0.25) is 0 Å². The van der Waals surface area contributed by atoms with Crippen LogP contribution in [-0.4, -0.2) is 9.97 Å². The molecule has 1 aromatic heterocycles. The molecule has 0 aliphatic rings. The highest BCUT2D eigenvalue weighted by Gasteiger charge is 2.12. The number of rotatable bonds is 4. The van der Waals surface area contributed by atoms with Crippen LogP contribution in [0.3, 0.4) is 0 Å². The number of halogens is 1. The van der Waals surface area contributed by atoms with Crippen LogP contribution in [0.15, 0.2) is 91.1 Å². The highest BCUT2D eigenvalue weighted by Crippen LogP contribution is 2.29. The Morgan fingerprint density at radius 2 is 1.23 bits per heavy atom. The van der Waals surface area contributed by atoms with E-state index in [0.29, 0.717) is 6.42 Å². The Hall–Kier alpha value is -2.97. The zero-order valence-corrected chi connectivity index (χ0v) is 14.9. The molecule has 0 amide bonds. The molecule has 0 atom stereocenters. The van der Waals surface area contributed by atoms with E-state index >= 15 is 0 Å². The van der Waals surface area contributed by atoms with Crippen LogP contribution in [-0.2, 0) is 6.42 Å². The Morgan fingerprint density at radius 1 is 0.654 bits per heavy atom. The average molecular weight is 357 g/mol. The van der Waals surface area contributed by atoms with E-state index in [2.05, 4.69) is 24.3 Å². The van der Waals surface area contributed by atoms with E-state index in [0.717, 1.165) is 38.8 Å². The molecule has 0 saturated carbocycles.